The maximum absolute atomic E-state index is 14.7. The van der Waals surface area contributed by atoms with Gasteiger partial charge < -0.3 is 24.6 Å². The van der Waals surface area contributed by atoms with Gasteiger partial charge in [-0.1, -0.05) is 77.0 Å². The molecule has 0 unspecified atom stereocenters. The van der Waals surface area contributed by atoms with Crippen molar-refractivity contribution in [2.45, 2.75) is 37.5 Å². The summed E-state index contributed by atoms with van der Waals surface area (Å²) >= 11 is 0. The number of nitrogens with zero attached hydrogens (tertiary/aromatic N) is 7. The zero-order valence-electron chi connectivity index (χ0n) is 27.0. The molecule has 49 heavy (non-hydrogen) atoms. The van der Waals surface area contributed by atoms with Gasteiger partial charge in [0.1, 0.15) is 11.5 Å². The Balaban J connectivity index is 1.61. The lowest BCUT2D eigenvalue weighted by Gasteiger charge is -2.32. The molecule has 4 aromatic carbocycles. The van der Waals surface area contributed by atoms with Crippen LogP contribution in [0.1, 0.15) is 40.3 Å². The minimum absolute atomic E-state index is 0.0243. The van der Waals surface area contributed by atoms with E-state index in [1.165, 1.54) is 0 Å². The molecule has 13 heteroatoms. The number of ether oxygens (including phenoxy) is 3. The van der Waals surface area contributed by atoms with Crippen molar-refractivity contribution in [1.82, 2.24) is 5.32 Å². The molecule has 0 aliphatic carbocycles. The number of aliphatic hydroxyl groups excluding tert-OH is 1. The molecule has 1 amide bonds. The summed E-state index contributed by atoms with van der Waals surface area (Å²) < 4.78 is 17.8. The van der Waals surface area contributed by atoms with E-state index in [0.29, 0.717) is 47.8 Å². The molecule has 1 heterocycles. The lowest BCUT2D eigenvalue weighted by atomic mass is 9.80. The van der Waals surface area contributed by atoms with Crippen LogP contribution in [0, 0.1) is 0 Å². The molecule has 2 atom stereocenters. The van der Waals surface area contributed by atoms with Gasteiger partial charge in [-0.3, -0.25) is 4.79 Å². The van der Waals surface area contributed by atoms with E-state index in [1.54, 1.807) is 55.6 Å². The number of amides is 1. The van der Waals surface area contributed by atoms with Crippen LogP contribution in [0.15, 0.2) is 112 Å². The van der Waals surface area contributed by atoms with Crippen LogP contribution in [0.25, 0.3) is 20.9 Å². The van der Waals surface area contributed by atoms with Crippen molar-refractivity contribution in [3.63, 3.8) is 0 Å². The van der Waals surface area contributed by atoms with E-state index in [0.717, 1.165) is 16.7 Å². The Labute approximate surface area is 283 Å². The lowest BCUT2D eigenvalue weighted by molar-refractivity contribution is -0.128. The third-order valence-electron chi connectivity index (χ3n) is 8.16. The Kier molecular flexibility index (Phi) is 11.7. The molecule has 0 saturated heterocycles. The van der Waals surface area contributed by atoms with Crippen LogP contribution in [0.5, 0.6) is 11.5 Å². The monoisotopic (exact) mass is 660 g/mol. The Bertz CT molecular complexity index is 1890. The van der Waals surface area contributed by atoms with Crippen LogP contribution in [0.4, 0.5) is 5.69 Å². The Hall–Kier alpha value is -6.00. The second-order valence-corrected chi connectivity index (χ2v) is 11.2. The number of hydrogen-bond acceptors (Lipinski definition) is 8. The largest absolute Gasteiger partial charge is 0.496 e. The zero-order chi connectivity index (χ0) is 34.5. The highest BCUT2D eigenvalue weighted by molar-refractivity contribution is 6.01. The minimum atomic E-state index is -1.58. The van der Waals surface area contributed by atoms with Crippen molar-refractivity contribution in [2.75, 3.05) is 26.9 Å². The van der Waals surface area contributed by atoms with Gasteiger partial charge in [-0.2, -0.15) is 0 Å². The first kappa shape index (κ1) is 34.3. The number of rotatable bonds is 16. The second kappa shape index (κ2) is 16.7. The first-order valence-corrected chi connectivity index (χ1v) is 15.8. The summed E-state index contributed by atoms with van der Waals surface area (Å²) in [7, 11) is 1.60. The van der Waals surface area contributed by atoms with Gasteiger partial charge in [0.2, 0.25) is 5.90 Å². The van der Waals surface area contributed by atoms with E-state index >= 15 is 0 Å². The molecule has 13 nitrogen and oxygen atoms in total. The number of aliphatic imine (C=N–C) groups is 1. The molecule has 0 spiro atoms. The van der Waals surface area contributed by atoms with Crippen molar-refractivity contribution < 1.29 is 24.1 Å². The van der Waals surface area contributed by atoms with Gasteiger partial charge in [0, 0.05) is 52.6 Å². The first-order chi connectivity index (χ1) is 24.0. The van der Waals surface area contributed by atoms with Gasteiger partial charge in [-0.05, 0) is 64.5 Å². The van der Waals surface area contributed by atoms with E-state index in [-0.39, 0.29) is 32.0 Å². The van der Waals surface area contributed by atoms with Gasteiger partial charge in [0.25, 0.3) is 5.91 Å². The average molecular weight is 661 g/mol. The van der Waals surface area contributed by atoms with Crippen molar-refractivity contribution in [3.8, 4) is 11.5 Å². The number of nitrogens with one attached hydrogen (secondary N) is 1. The normalized spacial score (nSPS) is 16.4. The highest BCUT2D eigenvalue weighted by atomic mass is 16.5. The molecule has 1 aliphatic heterocycles. The summed E-state index contributed by atoms with van der Waals surface area (Å²) in [5.74, 6) is 1.14. The van der Waals surface area contributed by atoms with E-state index in [4.69, 9.17) is 29.8 Å². The van der Waals surface area contributed by atoms with Gasteiger partial charge in [-0.15, -0.1) is 0 Å². The van der Waals surface area contributed by atoms with Crippen LogP contribution >= 0.6 is 0 Å². The van der Waals surface area contributed by atoms with E-state index in [1.807, 2.05) is 48.5 Å². The molecule has 0 fully saturated rings. The van der Waals surface area contributed by atoms with Crippen LogP contribution < -0.4 is 14.8 Å². The van der Waals surface area contributed by atoms with Crippen LogP contribution in [-0.4, -0.2) is 49.3 Å². The predicted molar refractivity (Wildman–Crippen MR) is 185 cm³/mol. The van der Waals surface area contributed by atoms with Crippen molar-refractivity contribution in [2.24, 2.45) is 15.2 Å². The zero-order valence-corrected chi connectivity index (χ0v) is 27.0. The first-order valence-electron chi connectivity index (χ1n) is 15.8. The third kappa shape index (κ3) is 8.11. The number of aliphatic hydroxyl groups is 1. The smallest absolute Gasteiger partial charge is 0.252 e. The summed E-state index contributed by atoms with van der Waals surface area (Å²) in [6, 6.07) is 29.1. The van der Waals surface area contributed by atoms with Crippen LogP contribution in [0.3, 0.4) is 0 Å². The lowest BCUT2D eigenvalue weighted by Crippen LogP contribution is -2.50. The molecule has 0 bridgehead atoms. The highest BCUT2D eigenvalue weighted by Crippen LogP contribution is 2.45. The topological polar surface area (TPSA) is 187 Å². The molecular formula is C36H36N8O5. The molecule has 2 N–H and O–H groups in total. The quantitative estimate of drug-likeness (QED) is 0.0562. The third-order valence-corrected chi connectivity index (χ3v) is 8.16. The fourth-order valence-electron chi connectivity index (χ4n) is 5.76. The maximum atomic E-state index is 14.7. The number of benzene rings is 4. The number of para-hydroxylation sites is 1. The maximum Gasteiger partial charge on any atom is 0.252 e. The van der Waals surface area contributed by atoms with Crippen molar-refractivity contribution in [3.05, 3.63) is 146 Å². The van der Waals surface area contributed by atoms with Gasteiger partial charge in [0.05, 0.1) is 20.3 Å². The number of carbonyl (C=O) groups excluding carboxylic acids is 1. The fraction of sp³-hybridized carbons (Fsp3) is 0.278. The van der Waals surface area contributed by atoms with Crippen molar-refractivity contribution in [1.29, 1.82) is 0 Å². The molecule has 4 aromatic rings. The second-order valence-electron chi connectivity index (χ2n) is 11.2. The Morgan fingerprint density at radius 1 is 0.959 bits per heavy atom. The summed E-state index contributed by atoms with van der Waals surface area (Å²) in [4.78, 5) is 25.7. The Morgan fingerprint density at radius 2 is 1.67 bits per heavy atom. The minimum Gasteiger partial charge on any atom is -0.496 e. The fourth-order valence-corrected chi connectivity index (χ4v) is 5.76. The van der Waals surface area contributed by atoms with Gasteiger partial charge in [0.15, 0.2) is 11.6 Å². The number of carbonyl (C=O) groups is 1. The molecule has 0 saturated carbocycles. The van der Waals surface area contributed by atoms with E-state index < -0.39 is 17.6 Å². The van der Waals surface area contributed by atoms with Gasteiger partial charge in [-0.25, -0.2) is 4.99 Å². The van der Waals surface area contributed by atoms with Gasteiger partial charge >= 0.3 is 0 Å². The summed E-state index contributed by atoms with van der Waals surface area (Å²) in [5, 5.41) is 19.9. The average Bonchev–Trinajstić information content (AvgIpc) is 3.52. The summed E-state index contributed by atoms with van der Waals surface area (Å²) in [5.41, 5.74) is 20.7. The molecule has 0 radical (unpaired) electrons. The number of hydrogen-bond donors (Lipinski definition) is 2. The van der Waals surface area contributed by atoms with Crippen LogP contribution in [-0.2, 0) is 28.9 Å². The molecule has 0 aromatic heterocycles. The highest BCUT2D eigenvalue weighted by Gasteiger charge is 2.54. The predicted octanol–water partition coefficient (Wildman–Crippen LogP) is 7.07. The molecule has 250 valence electrons. The standard InChI is InChI=1S/C36H36N8O5/c1-47-32-14-7-4-9-25(32)19-20-39-35(46)36(23-27-10-2-3-11-28(27)24-40-43-37)33(30-12-5-6-13-31(30)42-44-38)49-34(41-36)26-15-17-29(18-16-26)48-22-8-21-45/h2-7,9-18,33,45H,8,19-24H2,1H3,(H,39,46)/t33-,36-/m1/s1. The Morgan fingerprint density at radius 3 is 2.41 bits per heavy atom. The summed E-state index contributed by atoms with van der Waals surface area (Å²) in [6.45, 7) is 0.736. The van der Waals surface area contributed by atoms with Crippen molar-refractivity contribution >= 4 is 17.5 Å². The number of methoxy groups -OCH3 is 1. The summed E-state index contributed by atoms with van der Waals surface area (Å²) in [6.07, 6.45) is 0.0586. The van der Waals surface area contributed by atoms with E-state index in [9.17, 15) is 10.3 Å². The van der Waals surface area contributed by atoms with Crippen LogP contribution in [0.2, 0.25) is 0 Å². The van der Waals surface area contributed by atoms with E-state index in [2.05, 4.69) is 25.4 Å². The molecule has 5 rings (SSSR count). The molecule has 1 aliphatic rings. The molecular weight excluding hydrogens is 624 g/mol. The number of azide groups is 2. The SMILES string of the molecule is COc1ccccc1CCNC(=O)[C@]1(Cc2ccccc2CN=[N+]=[N-])N=C(c2ccc(OCCCO)cc2)O[C@@H]1c1ccccc1N=[N+]=[N-].